The highest BCUT2D eigenvalue weighted by Gasteiger charge is 2.12. The molecular formula is C18H25NO2Si. The van der Waals surface area contributed by atoms with Crippen LogP contribution in [-0.2, 0) is 16.3 Å². The number of benzene rings is 1. The van der Waals surface area contributed by atoms with E-state index >= 15 is 0 Å². The molecule has 0 aliphatic heterocycles. The number of aromatic nitrogens is 1. The van der Waals surface area contributed by atoms with Crippen LogP contribution < -0.4 is 0 Å². The topological polar surface area (TPSA) is 31.2 Å². The fraction of sp³-hybridized carbons (Fsp3) is 0.389. The summed E-state index contributed by atoms with van der Waals surface area (Å²) in [5.74, 6) is 0.0523. The number of hydrogen-bond donors (Lipinski definition) is 0. The van der Waals surface area contributed by atoms with Crippen LogP contribution in [0.1, 0.15) is 12.6 Å². The average molecular weight is 315 g/mol. The van der Waals surface area contributed by atoms with E-state index in [-0.39, 0.29) is 5.78 Å². The fourth-order valence-corrected chi connectivity index (χ4v) is 3.01. The Labute approximate surface area is 133 Å². The molecule has 3 nitrogen and oxygen atoms in total. The number of fused-ring (bicyclic) bond motifs is 1. The van der Waals surface area contributed by atoms with Crippen LogP contribution in [-0.4, -0.2) is 25.0 Å². The lowest BCUT2D eigenvalue weighted by molar-refractivity contribution is -0.112. The van der Waals surface area contributed by atoms with Gasteiger partial charge in [0, 0.05) is 25.8 Å². The van der Waals surface area contributed by atoms with Crippen molar-refractivity contribution >= 4 is 30.8 Å². The average Bonchev–Trinajstić information content (AvgIpc) is 2.78. The molecule has 4 heteroatoms. The van der Waals surface area contributed by atoms with E-state index < -0.39 is 8.07 Å². The third-order valence-electron chi connectivity index (χ3n) is 3.55. The van der Waals surface area contributed by atoms with Crippen molar-refractivity contribution < 1.29 is 9.53 Å². The Morgan fingerprint density at radius 3 is 2.68 bits per heavy atom. The van der Waals surface area contributed by atoms with Gasteiger partial charge in [-0.25, -0.2) is 0 Å². The minimum absolute atomic E-state index is 0.0523. The van der Waals surface area contributed by atoms with E-state index in [4.69, 9.17) is 4.74 Å². The molecular weight excluding hydrogens is 290 g/mol. The van der Waals surface area contributed by atoms with Crippen LogP contribution in [0.5, 0.6) is 0 Å². The van der Waals surface area contributed by atoms with E-state index in [0.717, 1.165) is 23.9 Å². The summed E-state index contributed by atoms with van der Waals surface area (Å²) in [6, 6.07) is 11.5. The Bertz CT molecular complexity index is 680. The van der Waals surface area contributed by atoms with Crippen molar-refractivity contribution in [3.63, 3.8) is 0 Å². The molecule has 2 aromatic rings. The first-order chi connectivity index (χ1) is 10.4. The maximum Gasteiger partial charge on any atom is 0.152 e. The van der Waals surface area contributed by atoms with E-state index in [1.54, 1.807) is 13.0 Å². The minimum atomic E-state index is -1.07. The Morgan fingerprint density at radius 2 is 2.00 bits per heavy atom. The highest BCUT2D eigenvalue weighted by Crippen LogP contribution is 2.21. The number of rotatable bonds is 7. The van der Waals surface area contributed by atoms with Crippen molar-refractivity contribution in [1.29, 1.82) is 0 Å². The smallest absolute Gasteiger partial charge is 0.152 e. The monoisotopic (exact) mass is 315 g/mol. The summed E-state index contributed by atoms with van der Waals surface area (Å²) in [5, 5.41) is 1.17. The standard InChI is InChI=1S/C18H25NO2Si/c1-15(20)9-10-17-13-16-7-5-6-8-18(16)19(17)14-21-11-12-22(2,3)4/h5-10,13H,11-12,14H2,1-4H3/b10-9+. The normalized spacial score (nSPS) is 12.4. The Kier molecular flexibility index (Phi) is 5.37. The number of carbonyl (C=O) groups is 1. The molecule has 0 aliphatic carbocycles. The van der Waals surface area contributed by atoms with Crippen LogP contribution in [0.4, 0.5) is 0 Å². The number of ketones is 1. The van der Waals surface area contributed by atoms with Crippen molar-refractivity contribution in [3.05, 3.63) is 42.1 Å². The molecule has 1 heterocycles. The summed E-state index contributed by atoms with van der Waals surface area (Å²) in [6.45, 7) is 9.93. The molecule has 1 aromatic carbocycles. The lowest BCUT2D eigenvalue weighted by atomic mass is 10.2. The summed E-state index contributed by atoms with van der Waals surface area (Å²) in [4.78, 5) is 11.2. The summed E-state index contributed by atoms with van der Waals surface area (Å²) < 4.78 is 8.01. The molecule has 0 unspecified atom stereocenters. The zero-order chi connectivity index (χ0) is 16.2. The molecule has 0 radical (unpaired) electrons. The molecule has 0 saturated heterocycles. The van der Waals surface area contributed by atoms with Crippen LogP contribution in [0.2, 0.25) is 25.7 Å². The SMILES string of the molecule is CC(=O)/C=C/c1cc2ccccc2n1COCC[Si](C)(C)C. The predicted molar refractivity (Wildman–Crippen MR) is 95.8 cm³/mol. The van der Waals surface area contributed by atoms with Gasteiger partial charge < -0.3 is 9.30 Å². The Morgan fingerprint density at radius 1 is 1.27 bits per heavy atom. The summed E-state index contributed by atoms with van der Waals surface area (Å²) in [5.41, 5.74) is 2.14. The van der Waals surface area contributed by atoms with Crippen LogP contribution in [0.3, 0.4) is 0 Å². The summed E-state index contributed by atoms with van der Waals surface area (Å²) in [7, 11) is -1.07. The molecule has 0 amide bonds. The number of hydrogen-bond acceptors (Lipinski definition) is 2. The van der Waals surface area contributed by atoms with Gasteiger partial charge >= 0.3 is 0 Å². The van der Waals surface area contributed by atoms with Gasteiger partial charge in [0.25, 0.3) is 0 Å². The highest BCUT2D eigenvalue weighted by atomic mass is 28.3. The minimum Gasteiger partial charge on any atom is -0.361 e. The van der Waals surface area contributed by atoms with Crippen LogP contribution >= 0.6 is 0 Å². The number of nitrogens with zero attached hydrogens (tertiary/aromatic N) is 1. The molecule has 2 rings (SSSR count). The van der Waals surface area contributed by atoms with Gasteiger partial charge in [0.15, 0.2) is 5.78 Å². The van der Waals surface area contributed by atoms with Gasteiger partial charge in [0.05, 0.1) is 5.52 Å². The largest absolute Gasteiger partial charge is 0.361 e. The second-order valence-electron chi connectivity index (χ2n) is 6.85. The second-order valence-corrected chi connectivity index (χ2v) is 12.5. The first-order valence-electron chi connectivity index (χ1n) is 7.71. The third-order valence-corrected chi connectivity index (χ3v) is 5.25. The van der Waals surface area contributed by atoms with Crippen LogP contribution in [0.25, 0.3) is 17.0 Å². The van der Waals surface area contributed by atoms with E-state index in [2.05, 4.69) is 42.4 Å². The molecule has 0 saturated carbocycles. The quantitative estimate of drug-likeness (QED) is 0.426. The molecule has 0 aliphatic rings. The maximum absolute atomic E-state index is 11.2. The van der Waals surface area contributed by atoms with Gasteiger partial charge in [-0.3, -0.25) is 4.79 Å². The van der Waals surface area contributed by atoms with Gasteiger partial charge in [-0.05, 0) is 37.3 Å². The number of ether oxygens (including phenoxy) is 1. The van der Waals surface area contributed by atoms with Gasteiger partial charge in [-0.1, -0.05) is 37.8 Å². The third kappa shape index (κ3) is 4.68. The molecule has 0 spiro atoms. The second kappa shape index (κ2) is 7.07. The molecule has 0 fully saturated rings. The molecule has 0 bridgehead atoms. The van der Waals surface area contributed by atoms with Crippen molar-refractivity contribution in [1.82, 2.24) is 4.57 Å². The van der Waals surface area contributed by atoms with E-state index in [1.165, 1.54) is 5.39 Å². The van der Waals surface area contributed by atoms with Crippen molar-refractivity contribution in [3.8, 4) is 0 Å². The van der Waals surface area contributed by atoms with Crippen LogP contribution in [0, 0.1) is 0 Å². The lowest BCUT2D eigenvalue weighted by Crippen LogP contribution is -2.22. The molecule has 1 aromatic heterocycles. The van der Waals surface area contributed by atoms with Crippen molar-refractivity contribution in [2.45, 2.75) is 39.3 Å². The first kappa shape index (κ1) is 16.7. The number of allylic oxidation sites excluding steroid dienone is 1. The fourth-order valence-electron chi connectivity index (χ4n) is 2.25. The highest BCUT2D eigenvalue weighted by molar-refractivity contribution is 6.76. The van der Waals surface area contributed by atoms with E-state index in [1.807, 2.05) is 18.2 Å². The Balaban J connectivity index is 2.18. The van der Waals surface area contributed by atoms with Crippen molar-refractivity contribution in [2.75, 3.05) is 6.61 Å². The van der Waals surface area contributed by atoms with Gasteiger partial charge in [-0.2, -0.15) is 0 Å². The van der Waals surface area contributed by atoms with E-state index in [9.17, 15) is 4.79 Å². The summed E-state index contributed by atoms with van der Waals surface area (Å²) in [6.07, 6.45) is 3.47. The zero-order valence-corrected chi connectivity index (χ0v) is 14.9. The summed E-state index contributed by atoms with van der Waals surface area (Å²) >= 11 is 0. The molecule has 0 N–H and O–H groups in total. The molecule has 118 valence electrons. The first-order valence-corrected chi connectivity index (χ1v) is 11.4. The predicted octanol–water partition coefficient (Wildman–Crippen LogP) is 4.56. The molecule has 22 heavy (non-hydrogen) atoms. The van der Waals surface area contributed by atoms with Crippen molar-refractivity contribution in [2.24, 2.45) is 0 Å². The number of carbonyl (C=O) groups excluding carboxylic acids is 1. The van der Waals surface area contributed by atoms with Gasteiger partial charge in [0.1, 0.15) is 6.73 Å². The van der Waals surface area contributed by atoms with E-state index in [0.29, 0.717) is 6.73 Å². The van der Waals surface area contributed by atoms with Gasteiger partial charge in [-0.15, -0.1) is 0 Å². The lowest BCUT2D eigenvalue weighted by Gasteiger charge is -2.16. The van der Waals surface area contributed by atoms with Gasteiger partial charge in [0.2, 0.25) is 0 Å². The van der Waals surface area contributed by atoms with Crippen LogP contribution in [0.15, 0.2) is 36.4 Å². The molecule has 0 atom stereocenters. The number of para-hydroxylation sites is 1. The maximum atomic E-state index is 11.2. The zero-order valence-electron chi connectivity index (χ0n) is 13.9. The Hall–Kier alpha value is -1.65.